The number of anilines is 1. The molecule has 198 valence electrons. The van der Waals surface area contributed by atoms with Gasteiger partial charge in [-0.1, -0.05) is 19.8 Å². The molecule has 0 aromatic carbocycles. The van der Waals surface area contributed by atoms with Gasteiger partial charge in [-0.2, -0.15) is 0 Å². The number of aromatic nitrogens is 1. The highest BCUT2D eigenvalue weighted by Gasteiger charge is 2.51. The lowest BCUT2D eigenvalue weighted by Crippen LogP contribution is -2.50. The number of nitrogens with zero attached hydrogens (tertiary/aromatic N) is 3. The van der Waals surface area contributed by atoms with Gasteiger partial charge in [-0.3, -0.25) is 4.79 Å². The SMILES string of the molecule is CC1CCC(C(OC(=O)NC(C)(C)C)C(=O)Nc2cc(CN3CC4(CCC4)N(C)C3=O)ccn2)CC1. The van der Waals surface area contributed by atoms with E-state index in [0.717, 1.165) is 57.1 Å². The van der Waals surface area contributed by atoms with Crippen molar-refractivity contribution < 1.29 is 19.1 Å². The summed E-state index contributed by atoms with van der Waals surface area (Å²) in [7, 11) is 1.89. The fourth-order valence-corrected chi connectivity index (χ4v) is 5.61. The standard InChI is InChI=1S/C27H41N5O4/c1-18-7-9-20(10-8-18)22(36-24(34)30-26(2,3)4)23(33)29-21-15-19(11-14-28-21)16-32-17-27(12-6-13-27)31(5)25(32)35/h11,14-15,18,20,22H,6-10,12-13,16-17H2,1-5H3,(H,30,34)(H,28,29,33). The second-order valence-electron chi connectivity index (χ2n) is 12.0. The first-order valence-corrected chi connectivity index (χ1v) is 13.2. The predicted molar refractivity (Wildman–Crippen MR) is 137 cm³/mol. The summed E-state index contributed by atoms with van der Waals surface area (Å²) in [5, 5.41) is 5.67. The van der Waals surface area contributed by atoms with Crippen LogP contribution in [0.25, 0.3) is 0 Å². The number of carbonyl (C=O) groups is 3. The van der Waals surface area contributed by atoms with Gasteiger partial charge >= 0.3 is 12.1 Å². The Morgan fingerprint density at radius 2 is 1.92 bits per heavy atom. The number of rotatable bonds is 6. The maximum absolute atomic E-state index is 13.3. The number of likely N-dealkylation sites (N-methyl/N-ethyl adjacent to an activating group) is 1. The van der Waals surface area contributed by atoms with E-state index < -0.39 is 17.7 Å². The number of pyridine rings is 1. The van der Waals surface area contributed by atoms with E-state index in [1.165, 1.54) is 0 Å². The second-order valence-corrected chi connectivity index (χ2v) is 12.0. The van der Waals surface area contributed by atoms with Crippen molar-refractivity contribution >= 4 is 23.8 Å². The molecule has 4 amide bonds. The lowest BCUT2D eigenvalue weighted by molar-refractivity contribution is -0.128. The first-order chi connectivity index (χ1) is 17.0. The zero-order valence-electron chi connectivity index (χ0n) is 22.3. The van der Waals surface area contributed by atoms with E-state index in [1.807, 2.05) is 43.7 Å². The zero-order valence-corrected chi connectivity index (χ0v) is 22.3. The lowest BCUT2D eigenvalue weighted by atomic mass is 9.76. The molecular weight excluding hydrogens is 458 g/mol. The third-order valence-corrected chi connectivity index (χ3v) is 7.95. The fourth-order valence-electron chi connectivity index (χ4n) is 5.61. The number of hydrogen-bond acceptors (Lipinski definition) is 5. The molecule has 4 rings (SSSR count). The molecule has 2 N–H and O–H groups in total. The molecule has 1 aromatic heterocycles. The van der Waals surface area contributed by atoms with Gasteiger partial charge in [0.1, 0.15) is 5.82 Å². The van der Waals surface area contributed by atoms with Gasteiger partial charge in [-0.15, -0.1) is 0 Å². The quantitative estimate of drug-likeness (QED) is 0.599. The average molecular weight is 500 g/mol. The summed E-state index contributed by atoms with van der Waals surface area (Å²) in [5.74, 6) is 0.600. The lowest BCUT2D eigenvalue weighted by Gasteiger charge is -2.42. The highest BCUT2D eigenvalue weighted by Crippen LogP contribution is 2.42. The summed E-state index contributed by atoms with van der Waals surface area (Å²) in [6, 6.07) is 3.70. The number of urea groups is 1. The normalized spacial score (nSPS) is 24.3. The van der Waals surface area contributed by atoms with Crippen molar-refractivity contribution in [3.63, 3.8) is 0 Å². The molecule has 1 aromatic rings. The Bertz CT molecular complexity index is 979. The van der Waals surface area contributed by atoms with Gasteiger partial charge in [0.15, 0.2) is 6.10 Å². The van der Waals surface area contributed by atoms with E-state index in [1.54, 1.807) is 12.3 Å². The van der Waals surface area contributed by atoms with Crippen molar-refractivity contribution in [2.45, 2.75) is 96.4 Å². The van der Waals surface area contributed by atoms with Gasteiger partial charge in [0, 0.05) is 37.8 Å². The van der Waals surface area contributed by atoms with Crippen molar-refractivity contribution in [3.05, 3.63) is 23.9 Å². The van der Waals surface area contributed by atoms with Crippen LogP contribution in [0.1, 0.15) is 78.2 Å². The highest BCUT2D eigenvalue weighted by atomic mass is 16.6. The van der Waals surface area contributed by atoms with Gasteiger partial charge in [-0.25, -0.2) is 14.6 Å². The Balaban J connectivity index is 1.43. The van der Waals surface area contributed by atoms with Crippen LogP contribution >= 0.6 is 0 Å². The van der Waals surface area contributed by atoms with Crippen LogP contribution in [0, 0.1) is 11.8 Å². The Kier molecular flexibility index (Phi) is 7.48. The first-order valence-electron chi connectivity index (χ1n) is 13.2. The van der Waals surface area contributed by atoms with E-state index in [0.29, 0.717) is 18.3 Å². The molecular formula is C27H41N5O4. The number of carbonyl (C=O) groups excluding carboxylic acids is 3. The fraction of sp³-hybridized carbons (Fsp3) is 0.704. The van der Waals surface area contributed by atoms with Gasteiger partial charge in [0.2, 0.25) is 0 Å². The minimum Gasteiger partial charge on any atom is -0.436 e. The van der Waals surface area contributed by atoms with Gasteiger partial charge in [-0.05, 0) is 76.5 Å². The topological polar surface area (TPSA) is 104 Å². The zero-order chi connectivity index (χ0) is 26.1. The molecule has 1 atom stereocenters. The Morgan fingerprint density at radius 1 is 1.22 bits per heavy atom. The van der Waals surface area contributed by atoms with Gasteiger partial charge in [0.05, 0.1) is 5.54 Å². The summed E-state index contributed by atoms with van der Waals surface area (Å²) >= 11 is 0. The molecule has 2 heterocycles. The van der Waals surface area contributed by atoms with Crippen LogP contribution in [0.15, 0.2) is 18.3 Å². The molecule has 3 aliphatic rings. The minimum absolute atomic E-state index is 0.0170. The highest BCUT2D eigenvalue weighted by molar-refractivity contribution is 5.94. The Morgan fingerprint density at radius 3 is 2.50 bits per heavy atom. The molecule has 0 radical (unpaired) electrons. The van der Waals surface area contributed by atoms with Crippen molar-refractivity contribution in [1.82, 2.24) is 20.1 Å². The van der Waals surface area contributed by atoms with Crippen LogP contribution < -0.4 is 10.6 Å². The summed E-state index contributed by atoms with van der Waals surface area (Å²) in [6.45, 7) is 9.02. The molecule has 0 bridgehead atoms. The number of amides is 4. The third kappa shape index (κ3) is 5.93. The van der Waals surface area contributed by atoms with E-state index >= 15 is 0 Å². The number of nitrogens with one attached hydrogen (secondary N) is 2. The molecule has 2 aliphatic carbocycles. The van der Waals surface area contributed by atoms with Crippen LogP contribution in [0.4, 0.5) is 15.4 Å². The molecule has 9 nitrogen and oxygen atoms in total. The molecule has 2 saturated carbocycles. The minimum atomic E-state index is -0.891. The molecule has 1 saturated heterocycles. The number of hydrogen-bond donors (Lipinski definition) is 2. The Hall–Kier alpha value is -2.84. The Labute approximate surface area is 214 Å². The summed E-state index contributed by atoms with van der Waals surface area (Å²) < 4.78 is 5.69. The van der Waals surface area contributed by atoms with E-state index in [-0.39, 0.29) is 23.4 Å². The van der Waals surface area contributed by atoms with Crippen molar-refractivity contribution in [1.29, 1.82) is 0 Å². The van der Waals surface area contributed by atoms with E-state index in [9.17, 15) is 14.4 Å². The molecule has 36 heavy (non-hydrogen) atoms. The smallest absolute Gasteiger partial charge is 0.408 e. The van der Waals surface area contributed by atoms with Gasteiger partial charge in [0.25, 0.3) is 5.91 Å². The van der Waals surface area contributed by atoms with Crippen molar-refractivity contribution in [3.8, 4) is 0 Å². The number of ether oxygens (including phenoxy) is 1. The monoisotopic (exact) mass is 499 g/mol. The van der Waals surface area contributed by atoms with Crippen LogP contribution in [0.3, 0.4) is 0 Å². The molecule has 9 heteroatoms. The third-order valence-electron chi connectivity index (χ3n) is 7.95. The molecule has 3 fully saturated rings. The average Bonchev–Trinajstić information content (AvgIpc) is 3.03. The molecule has 1 aliphatic heterocycles. The van der Waals surface area contributed by atoms with Crippen LogP contribution in [-0.4, -0.2) is 63.6 Å². The van der Waals surface area contributed by atoms with E-state index in [2.05, 4.69) is 22.5 Å². The van der Waals surface area contributed by atoms with Crippen LogP contribution in [0.5, 0.6) is 0 Å². The maximum atomic E-state index is 13.3. The second kappa shape index (κ2) is 10.3. The van der Waals surface area contributed by atoms with Crippen molar-refractivity contribution in [2.24, 2.45) is 11.8 Å². The molecule has 1 unspecified atom stereocenters. The number of alkyl carbamates (subject to hydrolysis) is 1. The predicted octanol–water partition coefficient (Wildman–Crippen LogP) is 4.53. The maximum Gasteiger partial charge on any atom is 0.408 e. The van der Waals surface area contributed by atoms with Crippen molar-refractivity contribution in [2.75, 3.05) is 18.9 Å². The van der Waals surface area contributed by atoms with Crippen LogP contribution in [0.2, 0.25) is 0 Å². The largest absolute Gasteiger partial charge is 0.436 e. The summed E-state index contributed by atoms with van der Waals surface area (Å²) in [5.41, 5.74) is 0.415. The summed E-state index contributed by atoms with van der Waals surface area (Å²) in [4.78, 5) is 46.8. The first kappa shape index (κ1) is 26.2. The van der Waals surface area contributed by atoms with Crippen LogP contribution in [-0.2, 0) is 16.1 Å². The van der Waals surface area contributed by atoms with E-state index in [4.69, 9.17) is 4.74 Å². The molecule has 1 spiro atoms. The van der Waals surface area contributed by atoms with Gasteiger partial charge < -0.3 is 25.2 Å². The summed E-state index contributed by atoms with van der Waals surface area (Å²) in [6.07, 6.45) is 7.10.